The average Bonchev–Trinajstić information content (AvgIpc) is 2.65. The third kappa shape index (κ3) is 1.82. The Balaban J connectivity index is 2.51. The van der Waals surface area contributed by atoms with E-state index in [0.29, 0.717) is 11.3 Å². The smallest absolute Gasteiger partial charge is 0.288 e. The van der Waals surface area contributed by atoms with Gasteiger partial charge in [-0.15, -0.1) is 0 Å². The maximum atomic E-state index is 10.7. The standard InChI is InChI=1S/C9H6ClN3O3/c10-6-2-1-5(3-8(6)13(14)15)7-4-9(11)16-12-7/h1-4H,11H2. The Morgan fingerprint density at radius 2 is 2.19 bits per heavy atom. The quantitative estimate of drug-likeness (QED) is 0.642. The number of hydrogen-bond acceptors (Lipinski definition) is 5. The van der Waals surface area contributed by atoms with E-state index in [9.17, 15) is 10.1 Å². The van der Waals surface area contributed by atoms with Gasteiger partial charge in [-0.1, -0.05) is 22.8 Å². The molecule has 16 heavy (non-hydrogen) atoms. The van der Waals surface area contributed by atoms with E-state index < -0.39 is 4.92 Å². The van der Waals surface area contributed by atoms with Crippen molar-refractivity contribution in [2.24, 2.45) is 0 Å². The molecule has 0 radical (unpaired) electrons. The number of rotatable bonds is 2. The van der Waals surface area contributed by atoms with Gasteiger partial charge in [-0.3, -0.25) is 10.1 Å². The van der Waals surface area contributed by atoms with E-state index in [-0.39, 0.29) is 16.6 Å². The van der Waals surface area contributed by atoms with Crippen molar-refractivity contribution in [3.05, 3.63) is 39.4 Å². The lowest BCUT2D eigenvalue weighted by Crippen LogP contribution is -1.89. The summed E-state index contributed by atoms with van der Waals surface area (Å²) in [6, 6.07) is 5.83. The Morgan fingerprint density at radius 1 is 1.44 bits per heavy atom. The van der Waals surface area contributed by atoms with Crippen LogP contribution >= 0.6 is 11.6 Å². The van der Waals surface area contributed by atoms with Crippen molar-refractivity contribution in [3.63, 3.8) is 0 Å². The van der Waals surface area contributed by atoms with Gasteiger partial charge in [0.1, 0.15) is 10.7 Å². The normalized spacial score (nSPS) is 10.3. The number of hydrogen-bond donors (Lipinski definition) is 1. The fourth-order valence-corrected chi connectivity index (χ4v) is 1.42. The first-order valence-corrected chi connectivity index (χ1v) is 4.62. The summed E-state index contributed by atoms with van der Waals surface area (Å²) in [5.41, 5.74) is 6.13. The van der Waals surface area contributed by atoms with Gasteiger partial charge in [-0.2, -0.15) is 0 Å². The molecule has 0 saturated heterocycles. The third-order valence-corrected chi connectivity index (χ3v) is 2.29. The summed E-state index contributed by atoms with van der Waals surface area (Å²) >= 11 is 5.67. The van der Waals surface area contributed by atoms with E-state index in [2.05, 4.69) is 9.68 Å². The predicted octanol–water partition coefficient (Wildman–Crippen LogP) is 2.49. The van der Waals surface area contributed by atoms with Crippen LogP contribution in [0.1, 0.15) is 0 Å². The number of nitro groups is 1. The molecule has 1 aromatic heterocycles. The molecule has 0 aliphatic rings. The lowest BCUT2D eigenvalue weighted by molar-refractivity contribution is -0.384. The lowest BCUT2D eigenvalue weighted by atomic mass is 10.1. The van der Waals surface area contributed by atoms with Gasteiger partial charge in [0.15, 0.2) is 0 Å². The molecule has 0 fully saturated rings. The van der Waals surface area contributed by atoms with Crippen molar-refractivity contribution in [2.45, 2.75) is 0 Å². The Labute approximate surface area is 94.7 Å². The number of aromatic nitrogens is 1. The lowest BCUT2D eigenvalue weighted by Gasteiger charge is -1.97. The topological polar surface area (TPSA) is 95.2 Å². The highest BCUT2D eigenvalue weighted by molar-refractivity contribution is 6.32. The fraction of sp³-hybridized carbons (Fsp3) is 0. The highest BCUT2D eigenvalue weighted by Gasteiger charge is 2.15. The summed E-state index contributed by atoms with van der Waals surface area (Å²) in [6.45, 7) is 0. The molecule has 6 nitrogen and oxygen atoms in total. The number of benzene rings is 1. The molecular formula is C9H6ClN3O3. The number of halogens is 1. The highest BCUT2D eigenvalue weighted by atomic mass is 35.5. The van der Waals surface area contributed by atoms with Gasteiger partial charge in [0.2, 0.25) is 5.88 Å². The maximum absolute atomic E-state index is 10.7. The number of nitrogens with two attached hydrogens (primary N) is 1. The first kappa shape index (κ1) is 10.4. The van der Waals surface area contributed by atoms with Gasteiger partial charge in [0.05, 0.1) is 4.92 Å². The second kappa shape index (κ2) is 3.82. The molecule has 2 N–H and O–H groups in total. The van der Waals surface area contributed by atoms with Crippen LogP contribution in [0.25, 0.3) is 11.3 Å². The summed E-state index contributed by atoms with van der Waals surface area (Å²) in [5.74, 6) is 0.146. The Hall–Kier alpha value is -2.08. The van der Waals surface area contributed by atoms with Gasteiger partial charge in [-0.05, 0) is 6.07 Å². The van der Waals surface area contributed by atoms with E-state index in [1.165, 1.54) is 18.2 Å². The van der Waals surface area contributed by atoms with Crippen LogP contribution in [0, 0.1) is 10.1 Å². The highest BCUT2D eigenvalue weighted by Crippen LogP contribution is 2.30. The van der Waals surface area contributed by atoms with Crippen LogP contribution in [0.2, 0.25) is 5.02 Å². The van der Waals surface area contributed by atoms with Crippen LogP contribution < -0.4 is 5.73 Å². The molecule has 0 bridgehead atoms. The minimum atomic E-state index is -0.560. The zero-order chi connectivity index (χ0) is 11.7. The van der Waals surface area contributed by atoms with E-state index in [4.69, 9.17) is 17.3 Å². The molecule has 2 rings (SSSR count). The maximum Gasteiger partial charge on any atom is 0.288 e. The number of nitrogen functional groups attached to an aromatic ring is 1. The first-order chi connectivity index (χ1) is 7.58. The van der Waals surface area contributed by atoms with Crippen LogP contribution in [0.3, 0.4) is 0 Å². The van der Waals surface area contributed by atoms with Crippen LogP contribution in [-0.2, 0) is 0 Å². The van der Waals surface area contributed by atoms with Gasteiger partial charge in [0, 0.05) is 17.7 Å². The molecule has 0 aliphatic carbocycles. The molecule has 1 heterocycles. The Kier molecular flexibility index (Phi) is 2.49. The van der Waals surface area contributed by atoms with Crippen molar-refractivity contribution in [2.75, 3.05) is 5.73 Å². The van der Waals surface area contributed by atoms with Crippen molar-refractivity contribution in [3.8, 4) is 11.3 Å². The fourth-order valence-electron chi connectivity index (χ4n) is 1.24. The summed E-state index contributed by atoms with van der Waals surface area (Å²) < 4.78 is 4.67. The van der Waals surface area contributed by atoms with E-state index in [0.717, 1.165) is 0 Å². The summed E-state index contributed by atoms with van der Waals surface area (Å²) in [7, 11) is 0. The monoisotopic (exact) mass is 239 g/mol. The Morgan fingerprint density at radius 3 is 2.75 bits per heavy atom. The molecule has 0 aliphatic heterocycles. The molecule has 82 valence electrons. The molecule has 0 amide bonds. The van der Waals surface area contributed by atoms with Gasteiger partial charge in [-0.25, -0.2) is 0 Å². The predicted molar refractivity (Wildman–Crippen MR) is 58.0 cm³/mol. The number of anilines is 1. The van der Waals surface area contributed by atoms with Crippen molar-refractivity contribution >= 4 is 23.2 Å². The third-order valence-electron chi connectivity index (χ3n) is 1.97. The van der Waals surface area contributed by atoms with Gasteiger partial charge < -0.3 is 10.3 Å². The molecule has 1 aromatic carbocycles. The zero-order valence-electron chi connectivity index (χ0n) is 7.88. The SMILES string of the molecule is Nc1cc(-c2ccc(Cl)c([N+](=O)[O-])c2)no1. The van der Waals surface area contributed by atoms with E-state index in [1.54, 1.807) is 6.07 Å². The van der Waals surface area contributed by atoms with Gasteiger partial charge in [0.25, 0.3) is 5.69 Å². The minimum absolute atomic E-state index is 0.0743. The first-order valence-electron chi connectivity index (χ1n) is 4.24. The molecule has 2 aromatic rings. The minimum Gasteiger partial charge on any atom is -0.368 e. The molecular weight excluding hydrogens is 234 g/mol. The molecule has 0 saturated carbocycles. The summed E-state index contributed by atoms with van der Waals surface area (Å²) in [4.78, 5) is 10.1. The Bertz CT molecular complexity index is 553. The van der Waals surface area contributed by atoms with Crippen LogP contribution in [-0.4, -0.2) is 10.1 Å². The summed E-state index contributed by atoms with van der Waals surface area (Å²) in [6.07, 6.45) is 0. The summed E-state index contributed by atoms with van der Waals surface area (Å²) in [5, 5.41) is 14.4. The number of nitro benzene ring substituents is 1. The number of nitrogens with zero attached hydrogens (tertiary/aromatic N) is 2. The largest absolute Gasteiger partial charge is 0.368 e. The second-order valence-electron chi connectivity index (χ2n) is 3.04. The van der Waals surface area contributed by atoms with Crippen LogP contribution in [0.15, 0.2) is 28.8 Å². The second-order valence-corrected chi connectivity index (χ2v) is 3.45. The van der Waals surface area contributed by atoms with Crippen molar-refractivity contribution < 1.29 is 9.45 Å². The van der Waals surface area contributed by atoms with Crippen LogP contribution in [0.4, 0.5) is 11.6 Å². The van der Waals surface area contributed by atoms with Crippen molar-refractivity contribution in [1.29, 1.82) is 0 Å². The molecule has 7 heteroatoms. The molecule has 0 spiro atoms. The zero-order valence-corrected chi connectivity index (χ0v) is 8.64. The van der Waals surface area contributed by atoms with Crippen LogP contribution in [0.5, 0.6) is 0 Å². The molecule has 0 unspecified atom stereocenters. The van der Waals surface area contributed by atoms with Gasteiger partial charge >= 0.3 is 0 Å². The van der Waals surface area contributed by atoms with E-state index >= 15 is 0 Å². The molecule has 0 atom stereocenters. The average molecular weight is 240 g/mol. The van der Waals surface area contributed by atoms with Crippen molar-refractivity contribution in [1.82, 2.24) is 5.16 Å². The van der Waals surface area contributed by atoms with E-state index in [1.807, 2.05) is 0 Å².